The zero-order valence-corrected chi connectivity index (χ0v) is 8.52. The Hall–Kier alpha value is -1.40. The summed E-state index contributed by atoms with van der Waals surface area (Å²) in [4.78, 5) is 10.5. The second-order valence-electron chi connectivity index (χ2n) is 3.38. The molecule has 1 saturated heterocycles. The maximum absolute atomic E-state index is 5.75. The molecule has 15 heavy (non-hydrogen) atoms. The molecule has 82 valence electrons. The van der Waals surface area contributed by atoms with E-state index >= 15 is 0 Å². The monoisotopic (exact) mass is 209 g/mol. The lowest BCUT2D eigenvalue weighted by Crippen LogP contribution is -2.37. The highest BCUT2D eigenvalue weighted by atomic mass is 16.5. The molecule has 0 unspecified atom stereocenters. The summed E-state index contributed by atoms with van der Waals surface area (Å²) in [6.07, 6.45) is 1.69. The molecule has 2 heterocycles. The fraction of sp³-hybridized carbons (Fsp3) is 0.556. The molecule has 4 N–H and O–H groups in total. The summed E-state index contributed by atoms with van der Waals surface area (Å²) < 4.78 is 5.25. The number of hydrogen-bond acceptors (Lipinski definition) is 6. The number of morpholine rings is 1. The van der Waals surface area contributed by atoms with Crippen LogP contribution in [0, 0.1) is 0 Å². The van der Waals surface area contributed by atoms with Gasteiger partial charge in [-0.05, 0) is 0 Å². The van der Waals surface area contributed by atoms with E-state index in [-0.39, 0.29) is 0 Å². The minimum atomic E-state index is 0.370. The van der Waals surface area contributed by atoms with Crippen LogP contribution in [-0.4, -0.2) is 36.3 Å². The van der Waals surface area contributed by atoms with Crippen molar-refractivity contribution in [1.29, 1.82) is 0 Å². The first-order valence-corrected chi connectivity index (χ1v) is 4.95. The van der Waals surface area contributed by atoms with Gasteiger partial charge in [-0.15, -0.1) is 0 Å². The van der Waals surface area contributed by atoms with Crippen molar-refractivity contribution in [3.63, 3.8) is 0 Å². The third-order valence-electron chi connectivity index (χ3n) is 2.40. The normalized spacial score (nSPS) is 16.7. The Bertz CT molecular complexity index is 337. The number of nitrogen functional groups attached to an aromatic ring is 1. The lowest BCUT2D eigenvalue weighted by molar-refractivity contribution is 0.122. The Morgan fingerprint density at radius 3 is 2.73 bits per heavy atom. The molecule has 0 aliphatic carbocycles. The Morgan fingerprint density at radius 1 is 1.40 bits per heavy atom. The molecule has 0 spiro atoms. The van der Waals surface area contributed by atoms with Crippen LogP contribution >= 0.6 is 0 Å². The molecule has 1 aromatic rings. The second-order valence-corrected chi connectivity index (χ2v) is 3.38. The third-order valence-corrected chi connectivity index (χ3v) is 2.40. The van der Waals surface area contributed by atoms with E-state index in [0.717, 1.165) is 18.7 Å². The van der Waals surface area contributed by atoms with Gasteiger partial charge in [0, 0.05) is 31.4 Å². The van der Waals surface area contributed by atoms with Crippen LogP contribution in [0.3, 0.4) is 0 Å². The summed E-state index contributed by atoms with van der Waals surface area (Å²) in [6.45, 7) is 3.40. The number of nitrogens with two attached hydrogens (primary N) is 2. The molecule has 1 aromatic heterocycles. The predicted octanol–water partition coefficient (Wildman–Crippen LogP) is -0.646. The number of hydrogen-bond donors (Lipinski definition) is 2. The predicted molar refractivity (Wildman–Crippen MR) is 57.4 cm³/mol. The Balaban J connectivity index is 2.17. The standard InChI is InChI=1S/C9H15N5O/c10-5-7-6-12-9(13-8(7)11)14-1-3-15-4-2-14/h6H,1-5,10H2,(H2,11,12,13). The van der Waals surface area contributed by atoms with Crippen LogP contribution in [0.5, 0.6) is 0 Å². The topological polar surface area (TPSA) is 90.3 Å². The smallest absolute Gasteiger partial charge is 0.227 e. The average Bonchev–Trinajstić information content (AvgIpc) is 2.30. The first kappa shape index (κ1) is 10.1. The molecule has 0 atom stereocenters. The molecular weight excluding hydrogens is 194 g/mol. The number of nitrogens with zero attached hydrogens (tertiary/aromatic N) is 3. The van der Waals surface area contributed by atoms with Crippen LogP contribution in [0.4, 0.5) is 11.8 Å². The Morgan fingerprint density at radius 2 is 2.13 bits per heavy atom. The fourth-order valence-electron chi connectivity index (χ4n) is 1.48. The molecule has 6 nitrogen and oxygen atoms in total. The van der Waals surface area contributed by atoms with Gasteiger partial charge in [-0.2, -0.15) is 4.98 Å². The van der Waals surface area contributed by atoms with Crippen LogP contribution in [0.1, 0.15) is 5.56 Å². The van der Waals surface area contributed by atoms with Crippen molar-refractivity contribution in [2.75, 3.05) is 36.9 Å². The molecular formula is C9H15N5O. The zero-order chi connectivity index (χ0) is 10.7. The van der Waals surface area contributed by atoms with Gasteiger partial charge in [-0.25, -0.2) is 4.98 Å². The van der Waals surface area contributed by atoms with Crippen LogP contribution in [0.15, 0.2) is 6.20 Å². The maximum atomic E-state index is 5.75. The van der Waals surface area contributed by atoms with E-state index in [1.54, 1.807) is 6.20 Å². The van der Waals surface area contributed by atoms with Crippen molar-refractivity contribution < 1.29 is 4.74 Å². The lowest BCUT2D eigenvalue weighted by Gasteiger charge is -2.26. The van der Waals surface area contributed by atoms with Crippen LogP contribution in [0.25, 0.3) is 0 Å². The van der Waals surface area contributed by atoms with Gasteiger partial charge < -0.3 is 21.1 Å². The van der Waals surface area contributed by atoms with Gasteiger partial charge in [0.25, 0.3) is 0 Å². The fourth-order valence-corrected chi connectivity index (χ4v) is 1.48. The Labute approximate surface area is 88.2 Å². The van der Waals surface area contributed by atoms with Gasteiger partial charge in [0.05, 0.1) is 13.2 Å². The lowest BCUT2D eigenvalue weighted by atomic mass is 10.3. The summed E-state index contributed by atoms with van der Waals surface area (Å²) >= 11 is 0. The maximum Gasteiger partial charge on any atom is 0.227 e. The van der Waals surface area contributed by atoms with Crippen molar-refractivity contribution in [3.05, 3.63) is 11.8 Å². The number of rotatable bonds is 2. The minimum Gasteiger partial charge on any atom is -0.383 e. The van der Waals surface area contributed by atoms with E-state index in [1.165, 1.54) is 0 Å². The van der Waals surface area contributed by atoms with Gasteiger partial charge in [0.15, 0.2) is 0 Å². The first-order valence-electron chi connectivity index (χ1n) is 4.95. The highest BCUT2D eigenvalue weighted by Crippen LogP contribution is 2.13. The molecule has 0 radical (unpaired) electrons. The van der Waals surface area contributed by atoms with Crippen molar-refractivity contribution >= 4 is 11.8 Å². The van der Waals surface area contributed by atoms with E-state index in [0.29, 0.717) is 31.5 Å². The largest absolute Gasteiger partial charge is 0.383 e. The summed E-state index contributed by atoms with van der Waals surface area (Å²) in [6, 6.07) is 0. The van der Waals surface area contributed by atoms with Gasteiger partial charge >= 0.3 is 0 Å². The molecule has 0 bridgehead atoms. The average molecular weight is 209 g/mol. The summed E-state index contributed by atoms with van der Waals surface area (Å²) in [5.74, 6) is 1.13. The quantitative estimate of drug-likeness (QED) is 0.673. The molecule has 0 aromatic carbocycles. The highest BCUT2D eigenvalue weighted by molar-refractivity contribution is 5.44. The third kappa shape index (κ3) is 2.16. The van der Waals surface area contributed by atoms with E-state index in [9.17, 15) is 0 Å². The SMILES string of the molecule is NCc1cnc(N2CCOCC2)nc1N. The van der Waals surface area contributed by atoms with Crippen molar-refractivity contribution in [2.45, 2.75) is 6.54 Å². The molecule has 2 rings (SSSR count). The number of anilines is 2. The van der Waals surface area contributed by atoms with E-state index in [2.05, 4.69) is 14.9 Å². The highest BCUT2D eigenvalue weighted by Gasteiger charge is 2.14. The second kappa shape index (κ2) is 4.41. The van der Waals surface area contributed by atoms with Crippen molar-refractivity contribution in [1.82, 2.24) is 9.97 Å². The first-order chi connectivity index (χ1) is 7.31. The Kier molecular flexibility index (Phi) is 2.98. The minimum absolute atomic E-state index is 0.370. The van der Waals surface area contributed by atoms with Crippen molar-refractivity contribution in [2.24, 2.45) is 5.73 Å². The van der Waals surface area contributed by atoms with Gasteiger partial charge in [-0.1, -0.05) is 0 Å². The van der Waals surface area contributed by atoms with Gasteiger partial charge in [0.2, 0.25) is 5.95 Å². The summed E-state index contributed by atoms with van der Waals surface area (Å²) in [5.41, 5.74) is 12.0. The molecule has 1 fully saturated rings. The number of aromatic nitrogens is 2. The van der Waals surface area contributed by atoms with Crippen LogP contribution in [-0.2, 0) is 11.3 Å². The van der Waals surface area contributed by atoms with Crippen molar-refractivity contribution in [3.8, 4) is 0 Å². The van der Waals surface area contributed by atoms with Gasteiger partial charge in [0.1, 0.15) is 5.82 Å². The summed E-state index contributed by atoms with van der Waals surface area (Å²) in [7, 11) is 0. The zero-order valence-electron chi connectivity index (χ0n) is 8.52. The molecule has 0 amide bonds. The molecule has 6 heteroatoms. The molecule has 1 aliphatic rings. The summed E-state index contributed by atoms with van der Waals surface area (Å²) in [5, 5.41) is 0. The molecule has 1 aliphatic heterocycles. The van der Waals surface area contributed by atoms with E-state index < -0.39 is 0 Å². The van der Waals surface area contributed by atoms with Crippen LogP contribution < -0.4 is 16.4 Å². The van der Waals surface area contributed by atoms with E-state index in [1.807, 2.05) is 0 Å². The number of ether oxygens (including phenoxy) is 1. The van der Waals surface area contributed by atoms with E-state index in [4.69, 9.17) is 16.2 Å². The molecule has 0 saturated carbocycles. The van der Waals surface area contributed by atoms with Crippen LogP contribution in [0.2, 0.25) is 0 Å². The van der Waals surface area contributed by atoms with Gasteiger partial charge in [-0.3, -0.25) is 0 Å².